The zero-order valence-corrected chi connectivity index (χ0v) is 69.6. The van der Waals surface area contributed by atoms with Crippen LogP contribution in [0.4, 0.5) is 0 Å². The summed E-state index contributed by atoms with van der Waals surface area (Å²) >= 11 is 0. The molecule has 0 unspecified atom stereocenters. The fourth-order valence-electron chi connectivity index (χ4n) is 19.4. The molecular weight excluding hydrogens is 1490 g/mol. The highest BCUT2D eigenvalue weighted by Crippen LogP contribution is 2.50. The van der Waals surface area contributed by atoms with Gasteiger partial charge in [0, 0.05) is 32.9 Å². The molecule has 0 atom stereocenters. The number of fused-ring (bicyclic) bond motifs is 10. The van der Waals surface area contributed by atoms with Crippen molar-refractivity contribution in [1.29, 1.82) is 0 Å². The van der Waals surface area contributed by atoms with Crippen molar-refractivity contribution in [2.24, 2.45) is 0 Å². The highest BCUT2D eigenvalue weighted by atomic mass is 15.0. The van der Waals surface area contributed by atoms with Gasteiger partial charge in [0.05, 0.1) is 22.1 Å². The summed E-state index contributed by atoms with van der Waals surface area (Å²) in [5.41, 5.74) is 39.2. The lowest BCUT2D eigenvalue weighted by molar-refractivity contribution is 1.18. The molecule has 0 amide bonds. The van der Waals surface area contributed by atoms with Gasteiger partial charge in [-0.3, -0.25) is 0 Å². The van der Waals surface area contributed by atoms with Gasteiger partial charge in [0.25, 0.3) is 0 Å². The van der Waals surface area contributed by atoms with E-state index in [0.717, 1.165) is 0 Å². The standard InChI is InChI=1S/C76H53N.C46H33N/c1-50-13-11-17-61(45-50)64-40-43-69-71(48-64)75(59-35-31-56(32-36-59)54-25-23-53(24-26-54)52-15-5-3-6-16-52)68-42-39-65(62-18-12-14-51(2)46-62)49-72(68)76(69)60-37-33-57(34-38-60)55-27-29-58(30-28-55)63-41-44-74-70(47-63)67-21-9-10-22-73(67)77(74)66-19-7-4-8-20-66;1-30-27-41-42(28-31(30)2)46(39-19-10-9-18-38(39)45(41)33-13-5-3-6-14-33)34-23-21-32(22-24-34)35-25-26-44-40(29-35)37-17-11-12-20-43(37)47(44)36-15-7-4-8-16-36/h3-49H,1-2H3;3-29H,1-2H3. The van der Waals surface area contributed by atoms with Crippen LogP contribution in [0.1, 0.15) is 22.3 Å². The molecule has 0 radical (unpaired) electrons. The van der Waals surface area contributed by atoms with Gasteiger partial charge in [0.15, 0.2) is 0 Å². The van der Waals surface area contributed by atoms with Crippen molar-refractivity contribution in [2.75, 3.05) is 0 Å². The van der Waals surface area contributed by atoms with E-state index >= 15 is 0 Å². The van der Waals surface area contributed by atoms with Crippen LogP contribution in [0, 0.1) is 27.7 Å². The fraction of sp³-hybridized carbons (Fsp3) is 0.0328. The minimum Gasteiger partial charge on any atom is -0.309 e. The number of benzene rings is 21. The lowest BCUT2D eigenvalue weighted by Crippen LogP contribution is -1.93. The maximum atomic E-state index is 2.43. The highest BCUT2D eigenvalue weighted by Gasteiger charge is 2.24. The molecule has 2 nitrogen and oxygen atoms in total. The van der Waals surface area contributed by atoms with Crippen molar-refractivity contribution in [2.45, 2.75) is 27.7 Å². The molecule has 0 aliphatic rings. The molecule has 0 N–H and O–H groups in total. The Bertz CT molecular complexity index is 8040. The summed E-state index contributed by atoms with van der Waals surface area (Å²) in [6.45, 7) is 8.80. The Kier molecular flexibility index (Phi) is 18.9. The molecule has 0 saturated carbocycles. The van der Waals surface area contributed by atoms with Gasteiger partial charge >= 0.3 is 0 Å². The third kappa shape index (κ3) is 13.5. The van der Waals surface area contributed by atoms with Crippen LogP contribution in [0.5, 0.6) is 0 Å². The molecule has 0 aliphatic carbocycles. The summed E-state index contributed by atoms with van der Waals surface area (Å²) in [6.07, 6.45) is 0. The lowest BCUT2D eigenvalue weighted by Gasteiger charge is -2.20. The number of rotatable bonds is 13. The quantitative estimate of drug-likeness (QED) is 0.102. The number of hydrogen-bond donors (Lipinski definition) is 0. The molecule has 2 heterocycles. The molecule has 23 aromatic rings. The van der Waals surface area contributed by atoms with Crippen LogP contribution in [0.3, 0.4) is 0 Å². The van der Waals surface area contributed by atoms with Gasteiger partial charge in [-0.05, 0) is 277 Å². The van der Waals surface area contributed by atoms with Gasteiger partial charge in [-0.25, -0.2) is 0 Å². The average molecular weight is 1580 g/mol. The largest absolute Gasteiger partial charge is 0.309 e. The van der Waals surface area contributed by atoms with Gasteiger partial charge in [-0.2, -0.15) is 0 Å². The summed E-state index contributed by atoms with van der Waals surface area (Å²) in [5.74, 6) is 0. The molecule has 0 saturated heterocycles. The van der Waals surface area contributed by atoms with E-state index < -0.39 is 0 Å². The topological polar surface area (TPSA) is 9.86 Å². The van der Waals surface area contributed by atoms with E-state index in [-0.39, 0.29) is 0 Å². The Morgan fingerprint density at radius 1 is 0.129 bits per heavy atom. The predicted molar refractivity (Wildman–Crippen MR) is 530 cm³/mol. The minimum absolute atomic E-state index is 1.17. The van der Waals surface area contributed by atoms with E-state index in [4.69, 9.17) is 0 Å². The van der Waals surface area contributed by atoms with E-state index in [1.165, 1.54) is 243 Å². The second-order valence-corrected chi connectivity index (χ2v) is 33.2. The first-order valence-electron chi connectivity index (χ1n) is 43.1. The maximum absolute atomic E-state index is 2.43. The lowest BCUT2D eigenvalue weighted by atomic mass is 9.83. The monoisotopic (exact) mass is 1580 g/mol. The molecule has 23 rings (SSSR count). The van der Waals surface area contributed by atoms with Gasteiger partial charge in [0.2, 0.25) is 0 Å². The van der Waals surface area contributed by atoms with Crippen LogP contribution < -0.4 is 0 Å². The molecule has 21 aromatic carbocycles. The molecule has 2 aromatic heterocycles. The Morgan fingerprint density at radius 2 is 0.347 bits per heavy atom. The van der Waals surface area contributed by atoms with Gasteiger partial charge < -0.3 is 9.13 Å². The summed E-state index contributed by atoms with van der Waals surface area (Å²) < 4.78 is 4.75. The fourth-order valence-corrected chi connectivity index (χ4v) is 19.4. The Balaban J connectivity index is 0.000000166. The Labute approximate surface area is 723 Å². The van der Waals surface area contributed by atoms with Gasteiger partial charge in [-0.15, -0.1) is 0 Å². The zero-order chi connectivity index (χ0) is 82.9. The molecular formula is C122H86N2. The van der Waals surface area contributed by atoms with Crippen molar-refractivity contribution in [3.8, 4) is 134 Å². The molecule has 584 valence electrons. The third-order valence-electron chi connectivity index (χ3n) is 25.6. The molecule has 0 spiro atoms. The first-order valence-corrected chi connectivity index (χ1v) is 43.1. The summed E-state index contributed by atoms with van der Waals surface area (Å²) in [4.78, 5) is 0. The average Bonchev–Trinajstić information content (AvgIpc) is 1.08. The van der Waals surface area contributed by atoms with E-state index in [9.17, 15) is 0 Å². The van der Waals surface area contributed by atoms with Crippen molar-refractivity contribution in [1.82, 2.24) is 9.13 Å². The Morgan fingerprint density at radius 3 is 0.702 bits per heavy atom. The first-order chi connectivity index (χ1) is 61.1. The van der Waals surface area contributed by atoms with Crippen molar-refractivity contribution in [3.63, 3.8) is 0 Å². The van der Waals surface area contributed by atoms with Gasteiger partial charge in [0.1, 0.15) is 0 Å². The van der Waals surface area contributed by atoms with E-state index in [1.807, 2.05) is 0 Å². The maximum Gasteiger partial charge on any atom is 0.0541 e. The smallest absolute Gasteiger partial charge is 0.0541 e. The first kappa shape index (κ1) is 74.5. The summed E-state index contributed by atoms with van der Waals surface area (Å²) in [5, 5.41) is 15.1. The van der Waals surface area contributed by atoms with Crippen LogP contribution in [0.15, 0.2) is 449 Å². The highest BCUT2D eigenvalue weighted by molar-refractivity contribution is 6.24. The molecule has 0 fully saturated rings. The van der Waals surface area contributed by atoms with Crippen LogP contribution >= 0.6 is 0 Å². The number of nitrogens with zero attached hydrogens (tertiary/aromatic N) is 2. The van der Waals surface area contributed by atoms with Crippen LogP contribution in [-0.4, -0.2) is 9.13 Å². The minimum atomic E-state index is 1.17. The normalized spacial score (nSPS) is 11.5. The number of aryl methyl sites for hydroxylation is 4. The Hall–Kier alpha value is -15.7. The SMILES string of the molecule is Cc1cc2c(-c3ccccc3)c3ccccc3c(-c3ccc(-c4ccc5c(c4)c4ccccc4n5-c4ccccc4)cc3)c2cc1C.Cc1cccc(-c2ccc3c(-c4ccc(-c5ccc(-c6ccc7c(c6)c6ccccc6n7-c6ccccc6)cc5)cc4)c4cc(-c5cccc(C)c5)ccc4c(-c4ccc(-c5ccc(-c6ccccc6)cc5)cc4)c3c2)c1. The van der Waals surface area contributed by atoms with Crippen LogP contribution in [-0.2, 0) is 0 Å². The van der Waals surface area contributed by atoms with E-state index in [0.29, 0.717) is 0 Å². The van der Waals surface area contributed by atoms with Crippen molar-refractivity contribution in [3.05, 3.63) is 471 Å². The van der Waals surface area contributed by atoms with Crippen molar-refractivity contribution >= 4 is 86.7 Å². The number of para-hydroxylation sites is 4. The van der Waals surface area contributed by atoms with Gasteiger partial charge in [-0.1, -0.05) is 387 Å². The number of hydrogen-bond acceptors (Lipinski definition) is 0. The summed E-state index contributed by atoms with van der Waals surface area (Å²) in [7, 11) is 0. The second kappa shape index (κ2) is 31.4. The predicted octanol–water partition coefficient (Wildman–Crippen LogP) is 33.8. The van der Waals surface area contributed by atoms with Crippen molar-refractivity contribution < 1.29 is 0 Å². The van der Waals surface area contributed by atoms with Crippen LogP contribution in [0.25, 0.3) is 220 Å². The van der Waals surface area contributed by atoms with E-state index in [1.54, 1.807) is 0 Å². The summed E-state index contributed by atoms with van der Waals surface area (Å²) in [6, 6.07) is 165. The van der Waals surface area contributed by atoms with Crippen LogP contribution in [0.2, 0.25) is 0 Å². The van der Waals surface area contributed by atoms with E-state index in [2.05, 4.69) is 486 Å². The molecule has 2 heteroatoms. The third-order valence-corrected chi connectivity index (χ3v) is 25.6. The zero-order valence-electron chi connectivity index (χ0n) is 69.6. The molecule has 0 aliphatic heterocycles. The second-order valence-electron chi connectivity index (χ2n) is 33.2. The number of aromatic nitrogens is 2. The molecule has 124 heavy (non-hydrogen) atoms. The molecule has 0 bridgehead atoms.